The summed E-state index contributed by atoms with van der Waals surface area (Å²) in [6, 6.07) is -0.634. The predicted octanol–water partition coefficient (Wildman–Crippen LogP) is 18.6. The van der Waals surface area contributed by atoms with Crippen LogP contribution in [0.4, 0.5) is 0 Å². The molecule has 2 unspecified atom stereocenters. The minimum absolute atomic E-state index is 0.00732. The van der Waals surface area contributed by atoms with Gasteiger partial charge in [-0.05, 0) is 57.8 Å². The third-order valence-corrected chi connectivity index (χ3v) is 14.0. The predicted molar refractivity (Wildman–Crippen MR) is 292 cm³/mol. The number of amides is 1. The fourth-order valence-corrected chi connectivity index (χ4v) is 9.34. The van der Waals surface area contributed by atoms with E-state index in [1.165, 1.54) is 257 Å². The van der Waals surface area contributed by atoms with E-state index in [4.69, 9.17) is 4.74 Å². The van der Waals surface area contributed by atoms with Crippen LogP contribution in [0.3, 0.4) is 0 Å². The maximum absolute atomic E-state index is 12.4. The molecule has 0 radical (unpaired) electrons. The minimum Gasteiger partial charge on any atom is -0.466 e. The summed E-state index contributed by atoms with van der Waals surface area (Å²) in [5.41, 5.74) is 0. The third kappa shape index (κ3) is 53.5. The Morgan fingerprint density at radius 3 is 1.06 bits per heavy atom. The van der Waals surface area contributed by atoms with Crippen molar-refractivity contribution >= 4 is 11.9 Å². The maximum atomic E-state index is 12.4. The first-order valence-corrected chi connectivity index (χ1v) is 30.1. The number of hydrogen-bond donors (Lipinski definition) is 3. The van der Waals surface area contributed by atoms with Gasteiger partial charge in [0.25, 0.3) is 0 Å². The lowest BCUT2D eigenvalue weighted by Gasteiger charge is -2.20. The fraction of sp³-hybridized carbons (Fsp3) is 0.902. The Bertz CT molecular complexity index is 1040. The van der Waals surface area contributed by atoms with E-state index in [1.807, 2.05) is 6.08 Å². The molecule has 0 spiro atoms. The molecule has 0 saturated heterocycles. The minimum atomic E-state index is -0.850. The van der Waals surface area contributed by atoms with Gasteiger partial charge >= 0.3 is 5.97 Å². The van der Waals surface area contributed by atoms with Crippen molar-refractivity contribution in [3.05, 3.63) is 24.3 Å². The number of allylic oxidation sites excluding steroid dienone is 3. The van der Waals surface area contributed by atoms with E-state index in [-0.39, 0.29) is 18.5 Å². The van der Waals surface area contributed by atoms with Crippen molar-refractivity contribution < 1.29 is 24.5 Å². The molecule has 0 saturated carbocycles. The average Bonchev–Trinajstić information content (AvgIpc) is 3.33. The number of aliphatic hydroxyl groups is 2. The van der Waals surface area contributed by atoms with Crippen molar-refractivity contribution in [1.29, 1.82) is 0 Å². The Balaban J connectivity index is 3.43. The largest absolute Gasteiger partial charge is 0.466 e. The second kappa shape index (κ2) is 56.9. The summed E-state index contributed by atoms with van der Waals surface area (Å²) in [4.78, 5) is 24.5. The summed E-state index contributed by atoms with van der Waals surface area (Å²) in [5.74, 6) is -0.0693. The zero-order valence-electron chi connectivity index (χ0n) is 45.1. The van der Waals surface area contributed by atoms with Crippen molar-refractivity contribution in [3.8, 4) is 0 Å². The number of ether oxygens (including phenoxy) is 1. The summed E-state index contributed by atoms with van der Waals surface area (Å²) in [6.45, 7) is 4.91. The summed E-state index contributed by atoms with van der Waals surface area (Å²) in [6.07, 6.45) is 69.2. The van der Waals surface area contributed by atoms with Gasteiger partial charge in [0.1, 0.15) is 0 Å². The molecule has 0 bridgehead atoms. The number of esters is 1. The number of carbonyl (C=O) groups excluding carboxylic acids is 2. The van der Waals surface area contributed by atoms with E-state index in [0.29, 0.717) is 19.4 Å². The molecule has 6 nitrogen and oxygen atoms in total. The first-order valence-electron chi connectivity index (χ1n) is 30.1. The van der Waals surface area contributed by atoms with E-state index in [1.54, 1.807) is 6.08 Å². The molecule has 0 aromatic heterocycles. The molecule has 0 aliphatic rings. The summed E-state index contributed by atoms with van der Waals surface area (Å²) in [7, 11) is 0. The van der Waals surface area contributed by atoms with Gasteiger partial charge in [-0.15, -0.1) is 0 Å². The van der Waals surface area contributed by atoms with Crippen LogP contribution in [0.1, 0.15) is 328 Å². The summed E-state index contributed by atoms with van der Waals surface area (Å²) < 4.78 is 5.49. The van der Waals surface area contributed by atoms with Crippen LogP contribution in [0, 0.1) is 0 Å². The SMILES string of the molecule is CCCCCCCCCCCCCC/C=C/C(O)C(CO)NC(=O)CCCCCCCCC/C=C\CCCCCCCCCCOC(=O)CCCCCCCCCCCCCCCCCCC. The Morgan fingerprint density at radius 1 is 0.403 bits per heavy atom. The first kappa shape index (κ1) is 65.3. The van der Waals surface area contributed by atoms with Gasteiger partial charge in [-0.25, -0.2) is 0 Å². The van der Waals surface area contributed by atoms with Crippen LogP contribution in [0.5, 0.6) is 0 Å². The zero-order chi connectivity index (χ0) is 48.6. The molecule has 67 heavy (non-hydrogen) atoms. The summed E-state index contributed by atoms with van der Waals surface area (Å²) >= 11 is 0. The van der Waals surface area contributed by atoms with Gasteiger partial charge in [0.05, 0.1) is 25.4 Å². The normalized spacial score (nSPS) is 12.7. The highest BCUT2D eigenvalue weighted by molar-refractivity contribution is 5.76. The Morgan fingerprint density at radius 2 is 0.701 bits per heavy atom. The van der Waals surface area contributed by atoms with Gasteiger partial charge in [0.15, 0.2) is 0 Å². The number of carbonyl (C=O) groups is 2. The highest BCUT2D eigenvalue weighted by atomic mass is 16.5. The lowest BCUT2D eigenvalue weighted by Crippen LogP contribution is -2.45. The van der Waals surface area contributed by atoms with Gasteiger partial charge < -0.3 is 20.3 Å². The van der Waals surface area contributed by atoms with E-state index < -0.39 is 12.1 Å². The average molecular weight is 945 g/mol. The van der Waals surface area contributed by atoms with E-state index >= 15 is 0 Å². The smallest absolute Gasteiger partial charge is 0.305 e. The molecule has 0 aromatic rings. The molecular formula is C61H117NO5. The maximum Gasteiger partial charge on any atom is 0.305 e. The number of nitrogens with one attached hydrogen (secondary N) is 1. The van der Waals surface area contributed by atoms with Crippen molar-refractivity contribution in [1.82, 2.24) is 5.32 Å². The van der Waals surface area contributed by atoms with E-state index in [9.17, 15) is 19.8 Å². The lowest BCUT2D eigenvalue weighted by molar-refractivity contribution is -0.143. The first-order chi connectivity index (χ1) is 33.0. The van der Waals surface area contributed by atoms with Gasteiger partial charge in [-0.2, -0.15) is 0 Å². The molecule has 396 valence electrons. The second-order valence-corrected chi connectivity index (χ2v) is 20.7. The molecule has 0 fully saturated rings. The number of aliphatic hydroxyl groups excluding tert-OH is 2. The van der Waals surface area contributed by atoms with Crippen molar-refractivity contribution in [3.63, 3.8) is 0 Å². The monoisotopic (exact) mass is 944 g/mol. The van der Waals surface area contributed by atoms with Crippen LogP contribution in [0.2, 0.25) is 0 Å². The van der Waals surface area contributed by atoms with Crippen LogP contribution < -0.4 is 5.32 Å². The van der Waals surface area contributed by atoms with Gasteiger partial charge in [0.2, 0.25) is 5.91 Å². The van der Waals surface area contributed by atoms with Gasteiger partial charge in [-0.3, -0.25) is 9.59 Å². The number of unbranched alkanes of at least 4 members (excludes halogenated alkanes) is 43. The molecule has 2 atom stereocenters. The van der Waals surface area contributed by atoms with Crippen LogP contribution >= 0.6 is 0 Å². The fourth-order valence-electron chi connectivity index (χ4n) is 9.34. The van der Waals surface area contributed by atoms with Crippen LogP contribution in [0.25, 0.3) is 0 Å². The molecule has 0 aliphatic carbocycles. The summed E-state index contributed by atoms with van der Waals surface area (Å²) in [5, 5.41) is 23.1. The number of rotatable bonds is 56. The zero-order valence-corrected chi connectivity index (χ0v) is 45.1. The van der Waals surface area contributed by atoms with E-state index in [0.717, 1.165) is 44.9 Å². The van der Waals surface area contributed by atoms with Crippen molar-refractivity contribution in [2.24, 2.45) is 0 Å². The Labute approximate surface area is 418 Å². The molecule has 0 heterocycles. The Kier molecular flexibility index (Phi) is 55.5. The third-order valence-electron chi connectivity index (χ3n) is 14.0. The quantitative estimate of drug-likeness (QED) is 0.0321. The molecule has 6 heteroatoms. The van der Waals surface area contributed by atoms with Gasteiger partial charge in [0, 0.05) is 12.8 Å². The standard InChI is InChI=1S/C61H117NO5/c1-3-5-7-9-11-13-15-17-19-23-27-31-35-39-43-47-51-55-61(66)67-56-52-48-44-40-36-32-28-25-22-20-21-24-26-30-34-38-42-46-50-54-60(65)62-58(57-63)59(64)53-49-45-41-37-33-29-18-16-14-12-10-8-6-4-2/h20-21,49,53,58-59,63-64H,3-19,22-48,50-52,54-57H2,1-2H3,(H,62,65)/b21-20-,53-49+. The topological polar surface area (TPSA) is 95.9 Å². The van der Waals surface area contributed by atoms with Crippen LogP contribution in [-0.4, -0.2) is 47.4 Å². The molecule has 0 rings (SSSR count). The molecule has 1 amide bonds. The molecular weight excluding hydrogens is 827 g/mol. The van der Waals surface area contributed by atoms with Crippen LogP contribution in [-0.2, 0) is 14.3 Å². The Hall–Kier alpha value is -1.66. The highest BCUT2D eigenvalue weighted by Crippen LogP contribution is 2.17. The number of hydrogen-bond acceptors (Lipinski definition) is 5. The van der Waals surface area contributed by atoms with E-state index in [2.05, 4.69) is 31.3 Å². The highest BCUT2D eigenvalue weighted by Gasteiger charge is 2.18. The molecule has 0 aliphatic heterocycles. The molecule has 3 N–H and O–H groups in total. The lowest BCUT2D eigenvalue weighted by atomic mass is 10.0. The second-order valence-electron chi connectivity index (χ2n) is 20.7. The van der Waals surface area contributed by atoms with Crippen molar-refractivity contribution in [2.75, 3.05) is 13.2 Å². The van der Waals surface area contributed by atoms with Crippen molar-refractivity contribution in [2.45, 2.75) is 341 Å². The molecule has 0 aromatic carbocycles. The van der Waals surface area contributed by atoms with Crippen LogP contribution in [0.15, 0.2) is 24.3 Å². The van der Waals surface area contributed by atoms with Gasteiger partial charge in [-0.1, -0.05) is 282 Å².